The monoisotopic (exact) mass is 300 g/mol. The number of ether oxygens (including phenoxy) is 2. The fourth-order valence-electron chi connectivity index (χ4n) is 1.70. The van der Waals surface area contributed by atoms with Crippen LogP contribution in [0.1, 0.15) is 39.3 Å². The van der Waals surface area contributed by atoms with Gasteiger partial charge in [-0.1, -0.05) is 6.42 Å². The summed E-state index contributed by atoms with van der Waals surface area (Å²) in [5, 5.41) is 4.87. The number of carbonyl (C=O) groups is 2. The Morgan fingerprint density at radius 1 is 1.20 bits per heavy atom. The van der Waals surface area contributed by atoms with Crippen molar-refractivity contribution in [2.45, 2.75) is 19.3 Å². The Balaban J connectivity index is 2.77. The van der Waals surface area contributed by atoms with E-state index in [1.807, 2.05) is 0 Å². The molecule has 1 aromatic rings. The number of hydrogen-bond acceptors (Lipinski definition) is 7. The molecule has 0 fully saturated rings. The van der Waals surface area contributed by atoms with Gasteiger partial charge < -0.3 is 20.5 Å². The first-order valence-electron chi connectivity index (χ1n) is 6.37. The number of esters is 2. The quantitative estimate of drug-likeness (QED) is 0.562. The lowest BCUT2D eigenvalue weighted by atomic mass is 10.2. The summed E-state index contributed by atoms with van der Waals surface area (Å²) in [6.07, 6.45) is 2.94. The highest BCUT2D eigenvalue weighted by atomic mass is 32.1. The number of hydrogen-bond donors (Lipinski definition) is 2. The summed E-state index contributed by atoms with van der Waals surface area (Å²) >= 11 is 1.16. The molecule has 0 aromatic carbocycles. The van der Waals surface area contributed by atoms with E-state index in [9.17, 15) is 9.59 Å². The van der Waals surface area contributed by atoms with Gasteiger partial charge in [-0.15, -0.1) is 11.3 Å². The first-order valence-corrected chi connectivity index (χ1v) is 7.25. The molecule has 0 aliphatic carbocycles. The van der Waals surface area contributed by atoms with E-state index in [2.05, 4.69) is 10.1 Å². The minimum Gasteiger partial charge on any atom is -0.465 e. The zero-order valence-electron chi connectivity index (χ0n) is 11.7. The van der Waals surface area contributed by atoms with Crippen LogP contribution in [0.2, 0.25) is 0 Å². The molecule has 0 saturated carbocycles. The Morgan fingerprint density at radius 2 is 1.90 bits per heavy atom. The zero-order chi connectivity index (χ0) is 15.0. The van der Waals surface area contributed by atoms with Gasteiger partial charge in [0, 0.05) is 11.9 Å². The molecule has 1 heterocycles. The molecule has 0 bridgehead atoms. The molecule has 0 atom stereocenters. The van der Waals surface area contributed by atoms with Crippen molar-refractivity contribution in [2.24, 2.45) is 5.73 Å². The summed E-state index contributed by atoms with van der Waals surface area (Å²) in [4.78, 5) is 23.7. The molecule has 0 saturated heterocycles. The molecule has 1 rings (SSSR count). The molecule has 6 nitrogen and oxygen atoms in total. The van der Waals surface area contributed by atoms with Gasteiger partial charge in [0.1, 0.15) is 10.4 Å². The van der Waals surface area contributed by atoms with Crippen LogP contribution in [0.25, 0.3) is 0 Å². The average Bonchev–Trinajstić information content (AvgIpc) is 2.89. The van der Waals surface area contributed by atoms with Crippen molar-refractivity contribution < 1.29 is 19.1 Å². The lowest BCUT2D eigenvalue weighted by Crippen LogP contribution is -2.12. The molecule has 112 valence electrons. The maximum absolute atomic E-state index is 11.8. The van der Waals surface area contributed by atoms with Crippen LogP contribution < -0.4 is 11.1 Å². The number of nitrogens with one attached hydrogen (secondary N) is 1. The van der Waals surface area contributed by atoms with Gasteiger partial charge in [0.15, 0.2) is 0 Å². The molecule has 20 heavy (non-hydrogen) atoms. The van der Waals surface area contributed by atoms with Gasteiger partial charge in [0.25, 0.3) is 0 Å². The fourth-order valence-corrected chi connectivity index (χ4v) is 2.63. The van der Waals surface area contributed by atoms with Crippen molar-refractivity contribution in [3.8, 4) is 0 Å². The van der Waals surface area contributed by atoms with Crippen LogP contribution in [0.4, 0.5) is 5.69 Å². The van der Waals surface area contributed by atoms with E-state index in [0.717, 1.165) is 30.6 Å². The van der Waals surface area contributed by atoms with E-state index in [1.165, 1.54) is 14.2 Å². The lowest BCUT2D eigenvalue weighted by molar-refractivity contribution is 0.0561. The van der Waals surface area contributed by atoms with Crippen LogP contribution >= 0.6 is 11.3 Å². The zero-order valence-corrected chi connectivity index (χ0v) is 12.5. The second-order valence-electron chi connectivity index (χ2n) is 4.11. The first kappa shape index (κ1) is 16.5. The van der Waals surface area contributed by atoms with Gasteiger partial charge in [-0.05, 0) is 19.4 Å². The minimum absolute atomic E-state index is 0.239. The van der Waals surface area contributed by atoms with Crippen molar-refractivity contribution in [1.29, 1.82) is 0 Å². The number of nitrogens with two attached hydrogens (primary N) is 1. The number of unbranched alkanes of at least 4 members (excludes halogenated alkanes) is 2. The SMILES string of the molecule is COC(=O)c1scc(NCCCCCN)c1C(=O)OC. The highest BCUT2D eigenvalue weighted by Gasteiger charge is 2.24. The van der Waals surface area contributed by atoms with E-state index in [0.29, 0.717) is 18.8 Å². The first-order chi connectivity index (χ1) is 9.65. The molecule has 0 radical (unpaired) electrons. The number of anilines is 1. The average molecular weight is 300 g/mol. The second-order valence-corrected chi connectivity index (χ2v) is 4.99. The number of thiophene rings is 1. The normalized spacial score (nSPS) is 10.2. The molecule has 1 aromatic heterocycles. The largest absolute Gasteiger partial charge is 0.465 e. The third kappa shape index (κ3) is 4.21. The Bertz CT molecular complexity index is 459. The smallest absolute Gasteiger partial charge is 0.349 e. The summed E-state index contributed by atoms with van der Waals surface area (Å²) < 4.78 is 9.38. The van der Waals surface area contributed by atoms with Gasteiger partial charge in [0.05, 0.1) is 19.9 Å². The molecule has 0 spiro atoms. The Morgan fingerprint density at radius 3 is 2.50 bits per heavy atom. The molecule has 7 heteroatoms. The molecule has 3 N–H and O–H groups in total. The summed E-state index contributed by atoms with van der Waals surface area (Å²) in [6.45, 7) is 1.39. The lowest BCUT2D eigenvalue weighted by Gasteiger charge is -2.07. The summed E-state index contributed by atoms with van der Waals surface area (Å²) in [5.74, 6) is -1.08. The maximum Gasteiger partial charge on any atom is 0.349 e. The third-order valence-corrected chi connectivity index (χ3v) is 3.71. The second kappa shape index (κ2) is 8.55. The van der Waals surface area contributed by atoms with Gasteiger partial charge in [-0.25, -0.2) is 9.59 Å². The summed E-state index contributed by atoms with van der Waals surface area (Å²) in [7, 11) is 2.56. The van der Waals surface area contributed by atoms with Gasteiger partial charge in [-0.2, -0.15) is 0 Å². The molecule has 0 amide bonds. The van der Waals surface area contributed by atoms with Crippen LogP contribution in [0.5, 0.6) is 0 Å². The van der Waals surface area contributed by atoms with Crippen LogP contribution in [0.15, 0.2) is 5.38 Å². The van der Waals surface area contributed by atoms with Gasteiger partial charge in [0.2, 0.25) is 0 Å². The fraction of sp³-hybridized carbons (Fsp3) is 0.538. The van der Waals surface area contributed by atoms with E-state index < -0.39 is 11.9 Å². The van der Waals surface area contributed by atoms with Crippen molar-refractivity contribution in [3.05, 3.63) is 15.8 Å². The van der Waals surface area contributed by atoms with Crippen LogP contribution in [-0.2, 0) is 9.47 Å². The summed E-state index contributed by atoms with van der Waals surface area (Å²) in [6, 6.07) is 0. The van der Waals surface area contributed by atoms with Crippen molar-refractivity contribution in [2.75, 3.05) is 32.6 Å². The Kier molecular flexibility index (Phi) is 7.03. The molecular formula is C13H20N2O4S. The van der Waals surface area contributed by atoms with Crippen LogP contribution in [0.3, 0.4) is 0 Å². The Labute approximate surface area is 122 Å². The van der Waals surface area contributed by atoms with Gasteiger partial charge in [-0.3, -0.25) is 0 Å². The number of carbonyl (C=O) groups excluding carboxylic acids is 2. The topological polar surface area (TPSA) is 90.6 Å². The standard InChI is InChI=1S/C13H20N2O4S/c1-18-12(16)10-9(15-7-5-3-4-6-14)8-20-11(10)13(17)19-2/h8,15H,3-7,14H2,1-2H3. The molecule has 0 aliphatic heterocycles. The maximum atomic E-state index is 11.8. The van der Waals surface area contributed by atoms with Crippen molar-refractivity contribution >= 4 is 29.0 Å². The van der Waals surface area contributed by atoms with E-state index >= 15 is 0 Å². The highest BCUT2D eigenvalue weighted by molar-refractivity contribution is 7.13. The van der Waals surface area contributed by atoms with Crippen molar-refractivity contribution in [3.63, 3.8) is 0 Å². The Hall–Kier alpha value is -1.60. The highest BCUT2D eigenvalue weighted by Crippen LogP contribution is 2.28. The summed E-state index contributed by atoms with van der Waals surface area (Å²) in [5.41, 5.74) is 6.27. The van der Waals surface area contributed by atoms with E-state index in [4.69, 9.17) is 10.5 Å². The van der Waals surface area contributed by atoms with E-state index in [1.54, 1.807) is 5.38 Å². The number of rotatable bonds is 8. The van der Waals surface area contributed by atoms with Gasteiger partial charge >= 0.3 is 11.9 Å². The van der Waals surface area contributed by atoms with E-state index in [-0.39, 0.29) is 10.4 Å². The predicted molar refractivity (Wildman–Crippen MR) is 78.4 cm³/mol. The predicted octanol–water partition coefficient (Wildman–Crippen LogP) is 1.86. The molecular weight excluding hydrogens is 280 g/mol. The number of methoxy groups -OCH3 is 2. The van der Waals surface area contributed by atoms with Crippen molar-refractivity contribution in [1.82, 2.24) is 0 Å². The minimum atomic E-state index is -0.545. The van der Waals surface area contributed by atoms with Crippen LogP contribution in [0, 0.1) is 0 Å². The molecule has 0 unspecified atom stereocenters. The van der Waals surface area contributed by atoms with Crippen LogP contribution in [-0.4, -0.2) is 39.2 Å². The molecule has 0 aliphatic rings. The third-order valence-electron chi connectivity index (χ3n) is 2.75.